The summed E-state index contributed by atoms with van der Waals surface area (Å²) in [5.74, 6) is 0.997. The van der Waals surface area contributed by atoms with Crippen LogP contribution in [-0.2, 0) is 11.2 Å². The second kappa shape index (κ2) is 10.5. The Kier molecular flexibility index (Phi) is 8.32. The summed E-state index contributed by atoms with van der Waals surface area (Å²) in [5.41, 5.74) is 0.883. The van der Waals surface area contributed by atoms with Crippen LogP contribution in [0.2, 0.25) is 0 Å². The zero-order chi connectivity index (χ0) is 19.2. The van der Waals surface area contributed by atoms with Crippen LogP contribution in [0.1, 0.15) is 36.7 Å². The molecule has 1 aliphatic heterocycles. The van der Waals surface area contributed by atoms with Crippen molar-refractivity contribution in [1.82, 2.24) is 30.4 Å². The fourth-order valence-corrected chi connectivity index (χ4v) is 3.65. The first-order chi connectivity index (χ1) is 13.1. The molecule has 2 heterocycles. The number of aryl methyl sites for hydroxylation is 1. The fourth-order valence-electron chi connectivity index (χ4n) is 3.65. The molecule has 28 heavy (non-hydrogen) atoms. The van der Waals surface area contributed by atoms with Crippen LogP contribution in [0, 0.1) is 18.7 Å². The molecule has 1 N–H and O–H groups in total. The van der Waals surface area contributed by atoms with Crippen molar-refractivity contribution in [2.45, 2.75) is 38.6 Å². The number of nitrogens with zero attached hydrogens (tertiary/aromatic N) is 5. The molecule has 7 nitrogen and oxygen atoms in total. The van der Waals surface area contributed by atoms with Gasteiger partial charge in [-0.15, -0.1) is 17.5 Å². The smallest absolute Gasteiger partial charge is 0.247 e. The molecule has 1 fully saturated rings. The van der Waals surface area contributed by atoms with Crippen molar-refractivity contribution in [3.8, 4) is 0 Å². The number of hydrogen-bond acceptors (Lipinski definition) is 5. The Bertz CT molecular complexity index is 745. The van der Waals surface area contributed by atoms with Crippen LogP contribution in [0.5, 0.6) is 0 Å². The third-order valence-corrected chi connectivity index (χ3v) is 5.31. The predicted octanol–water partition coefficient (Wildman–Crippen LogP) is 2.17. The van der Waals surface area contributed by atoms with Crippen molar-refractivity contribution in [1.29, 1.82) is 0 Å². The number of benzene rings is 1. The minimum absolute atomic E-state index is 0. The highest BCUT2D eigenvalue weighted by atomic mass is 35.5. The number of aromatic nitrogens is 4. The van der Waals surface area contributed by atoms with Gasteiger partial charge in [0.15, 0.2) is 0 Å². The Morgan fingerprint density at radius 1 is 1.29 bits per heavy atom. The topological polar surface area (TPSA) is 75.9 Å². The molecule has 0 saturated carbocycles. The van der Waals surface area contributed by atoms with Gasteiger partial charge in [0.1, 0.15) is 17.7 Å². The van der Waals surface area contributed by atoms with E-state index in [9.17, 15) is 9.18 Å². The molecule has 0 bridgehead atoms. The minimum atomic E-state index is -0.515. The lowest BCUT2D eigenvalue weighted by molar-refractivity contribution is -0.136. The number of piperidine rings is 1. The van der Waals surface area contributed by atoms with Gasteiger partial charge in [-0.05, 0) is 73.8 Å². The zero-order valence-corrected chi connectivity index (χ0v) is 17.2. The number of halogens is 2. The Morgan fingerprint density at radius 3 is 2.54 bits per heavy atom. The van der Waals surface area contributed by atoms with E-state index in [1.165, 1.54) is 12.1 Å². The van der Waals surface area contributed by atoms with Gasteiger partial charge in [0.25, 0.3) is 0 Å². The summed E-state index contributed by atoms with van der Waals surface area (Å²) in [4.78, 5) is 15.2. The molecule has 3 rings (SSSR count). The molecular formula is C19H28ClFN6O. The van der Waals surface area contributed by atoms with Gasteiger partial charge in [-0.1, -0.05) is 12.1 Å². The Hall–Kier alpha value is -2.06. The average molecular weight is 411 g/mol. The van der Waals surface area contributed by atoms with Gasteiger partial charge in [-0.25, -0.2) is 9.07 Å². The van der Waals surface area contributed by atoms with Gasteiger partial charge in [-0.2, -0.15) is 0 Å². The maximum absolute atomic E-state index is 13.3. The molecule has 1 aromatic carbocycles. The summed E-state index contributed by atoms with van der Waals surface area (Å²) in [6, 6.07) is 5.73. The monoisotopic (exact) mass is 410 g/mol. The van der Waals surface area contributed by atoms with E-state index in [-0.39, 0.29) is 24.1 Å². The van der Waals surface area contributed by atoms with E-state index in [1.807, 2.05) is 11.9 Å². The second-order valence-electron chi connectivity index (χ2n) is 7.18. The highest BCUT2D eigenvalue weighted by Crippen LogP contribution is 2.24. The van der Waals surface area contributed by atoms with Crippen molar-refractivity contribution in [3.63, 3.8) is 0 Å². The number of carbonyl (C=O) groups is 1. The highest BCUT2D eigenvalue weighted by molar-refractivity contribution is 5.85. The van der Waals surface area contributed by atoms with E-state index in [0.29, 0.717) is 18.2 Å². The van der Waals surface area contributed by atoms with E-state index < -0.39 is 6.04 Å². The molecule has 1 atom stereocenters. The van der Waals surface area contributed by atoms with E-state index in [2.05, 4.69) is 20.8 Å². The Morgan fingerprint density at radius 2 is 1.96 bits per heavy atom. The standard InChI is InChI=1S/C19H27FN6O.ClH/c1-14-22-23-24-26(14)18(13-16-3-5-17(20)6-4-16)19(27)25-11-8-15(9-12-25)7-10-21-2;/h3-6,15,18,21H,7-13H2,1-2H3;1H. The number of carbonyl (C=O) groups excluding carboxylic acids is 1. The van der Waals surface area contributed by atoms with Crippen molar-refractivity contribution in [3.05, 3.63) is 41.5 Å². The number of rotatable bonds is 7. The molecule has 0 spiro atoms. The first-order valence-electron chi connectivity index (χ1n) is 9.50. The summed E-state index contributed by atoms with van der Waals surface area (Å²) in [7, 11) is 1.97. The second-order valence-corrected chi connectivity index (χ2v) is 7.18. The molecule has 1 aromatic heterocycles. The lowest BCUT2D eigenvalue weighted by atomic mass is 9.93. The third-order valence-electron chi connectivity index (χ3n) is 5.31. The fraction of sp³-hybridized carbons (Fsp3) is 0.579. The van der Waals surface area contributed by atoms with Crippen LogP contribution in [0.3, 0.4) is 0 Å². The molecule has 1 amide bonds. The molecule has 1 unspecified atom stereocenters. The SMILES string of the molecule is CNCCC1CCN(C(=O)C(Cc2ccc(F)cc2)n2nnnc2C)CC1.Cl. The van der Waals surface area contributed by atoms with Gasteiger partial charge < -0.3 is 10.2 Å². The largest absolute Gasteiger partial charge is 0.341 e. The summed E-state index contributed by atoms with van der Waals surface area (Å²) in [6.07, 6.45) is 3.62. The maximum atomic E-state index is 13.3. The number of hydrogen-bond donors (Lipinski definition) is 1. The van der Waals surface area contributed by atoms with Gasteiger partial charge in [0.2, 0.25) is 5.91 Å². The van der Waals surface area contributed by atoms with Crippen LogP contribution >= 0.6 is 12.4 Å². The maximum Gasteiger partial charge on any atom is 0.247 e. The van der Waals surface area contributed by atoms with E-state index in [1.54, 1.807) is 23.7 Å². The van der Waals surface area contributed by atoms with Crippen molar-refractivity contribution in [2.75, 3.05) is 26.7 Å². The molecule has 2 aromatic rings. The van der Waals surface area contributed by atoms with Gasteiger partial charge in [0.05, 0.1) is 0 Å². The number of tetrazole rings is 1. The predicted molar refractivity (Wildman–Crippen MR) is 107 cm³/mol. The first-order valence-corrected chi connectivity index (χ1v) is 9.50. The van der Waals surface area contributed by atoms with Crippen LogP contribution in [-0.4, -0.2) is 57.7 Å². The summed E-state index contributed by atoms with van der Waals surface area (Å²) >= 11 is 0. The van der Waals surface area contributed by atoms with Crippen molar-refractivity contribution in [2.24, 2.45) is 5.92 Å². The van der Waals surface area contributed by atoms with E-state index >= 15 is 0 Å². The molecule has 1 saturated heterocycles. The normalized spacial score (nSPS) is 15.9. The summed E-state index contributed by atoms with van der Waals surface area (Å²) < 4.78 is 14.8. The molecule has 0 aliphatic carbocycles. The van der Waals surface area contributed by atoms with Crippen molar-refractivity contribution >= 4 is 18.3 Å². The minimum Gasteiger partial charge on any atom is -0.341 e. The molecule has 1 aliphatic rings. The zero-order valence-electron chi connectivity index (χ0n) is 16.3. The molecule has 154 valence electrons. The van der Waals surface area contributed by atoms with E-state index in [4.69, 9.17) is 0 Å². The number of nitrogens with one attached hydrogen (secondary N) is 1. The van der Waals surface area contributed by atoms with Crippen LogP contribution < -0.4 is 5.32 Å². The number of likely N-dealkylation sites (tertiary alicyclic amines) is 1. The van der Waals surface area contributed by atoms with Gasteiger partial charge in [0, 0.05) is 19.5 Å². The summed E-state index contributed by atoms with van der Waals surface area (Å²) in [6.45, 7) is 4.31. The molecule has 0 radical (unpaired) electrons. The average Bonchev–Trinajstić information content (AvgIpc) is 3.11. The van der Waals surface area contributed by atoms with Crippen molar-refractivity contribution < 1.29 is 9.18 Å². The van der Waals surface area contributed by atoms with Gasteiger partial charge >= 0.3 is 0 Å². The van der Waals surface area contributed by atoms with Crippen LogP contribution in [0.4, 0.5) is 4.39 Å². The quantitative estimate of drug-likeness (QED) is 0.757. The highest BCUT2D eigenvalue weighted by Gasteiger charge is 2.31. The first kappa shape index (κ1) is 22.2. The molecular weight excluding hydrogens is 383 g/mol. The Labute approximate surface area is 171 Å². The van der Waals surface area contributed by atoms with Gasteiger partial charge in [-0.3, -0.25) is 4.79 Å². The number of amides is 1. The van der Waals surface area contributed by atoms with Crippen LogP contribution in [0.25, 0.3) is 0 Å². The summed E-state index contributed by atoms with van der Waals surface area (Å²) in [5, 5.41) is 14.8. The Balaban J connectivity index is 0.00000280. The lowest BCUT2D eigenvalue weighted by Crippen LogP contribution is -2.43. The molecule has 9 heteroatoms. The lowest BCUT2D eigenvalue weighted by Gasteiger charge is -2.34. The van der Waals surface area contributed by atoms with E-state index in [0.717, 1.165) is 44.5 Å². The third kappa shape index (κ3) is 5.48. The van der Waals surface area contributed by atoms with Crippen LogP contribution in [0.15, 0.2) is 24.3 Å².